The molecule has 4 heteroatoms. The minimum absolute atomic E-state index is 0.923. The van der Waals surface area contributed by atoms with Crippen molar-refractivity contribution in [2.75, 3.05) is 4.90 Å². The minimum atomic E-state index is -1.75. The molecule has 0 bridgehead atoms. The maximum atomic E-state index is 6.58. The van der Waals surface area contributed by atoms with Crippen LogP contribution in [-0.4, -0.2) is 0 Å². The first-order valence-corrected chi connectivity index (χ1v) is 24.1. The van der Waals surface area contributed by atoms with Crippen LogP contribution in [0.5, 0.6) is 0 Å². The van der Waals surface area contributed by atoms with Gasteiger partial charge in [0.15, 0.2) is 0 Å². The molecule has 0 saturated heterocycles. The highest BCUT2D eigenvalue weighted by molar-refractivity contribution is 8.34. The number of furan rings is 1. The van der Waals surface area contributed by atoms with Gasteiger partial charge in [-0.3, -0.25) is 0 Å². The summed E-state index contributed by atoms with van der Waals surface area (Å²) < 4.78 is 9.07. The van der Waals surface area contributed by atoms with Crippen LogP contribution in [0, 0.1) is 0 Å². The number of rotatable bonds is 9. The molecule has 0 aliphatic heterocycles. The Hall–Kier alpha value is -7.63. The van der Waals surface area contributed by atoms with E-state index in [-0.39, 0.29) is 0 Å². The summed E-state index contributed by atoms with van der Waals surface area (Å²) in [6.45, 7) is 0. The summed E-state index contributed by atoms with van der Waals surface area (Å²) in [5.41, 5.74) is 9.92. The fourth-order valence-electron chi connectivity index (χ4n) is 9.48. The van der Waals surface area contributed by atoms with Crippen LogP contribution in [0.25, 0.3) is 64.4 Å². The number of hydrogen-bond donors (Lipinski definition) is 0. The topological polar surface area (TPSA) is 16.4 Å². The van der Waals surface area contributed by atoms with Gasteiger partial charge >= 0.3 is 0 Å². The van der Waals surface area contributed by atoms with Crippen molar-refractivity contribution >= 4 is 80.5 Å². The van der Waals surface area contributed by atoms with E-state index in [4.69, 9.17) is 4.42 Å². The summed E-state index contributed by atoms with van der Waals surface area (Å²) >= 11 is 1.83. The largest absolute Gasteiger partial charge is 0.455 e. The first kappa shape index (κ1) is 38.1. The van der Waals surface area contributed by atoms with Gasteiger partial charge in [-0.2, -0.15) is 0 Å². The molecule has 12 rings (SSSR count). The number of anilines is 3. The van der Waals surface area contributed by atoms with Crippen molar-refractivity contribution < 1.29 is 4.42 Å². The van der Waals surface area contributed by atoms with Crippen molar-refractivity contribution in [2.45, 2.75) is 19.6 Å². The van der Waals surface area contributed by atoms with Crippen LogP contribution in [0.1, 0.15) is 0 Å². The summed E-state index contributed by atoms with van der Waals surface area (Å²) in [6.07, 6.45) is 0. The zero-order chi connectivity index (χ0) is 42.5. The zero-order valence-corrected chi connectivity index (χ0v) is 36.5. The highest BCUT2D eigenvalue weighted by atomic mass is 32.3. The average Bonchev–Trinajstić information content (AvgIpc) is 3.95. The van der Waals surface area contributed by atoms with Crippen molar-refractivity contribution in [2.24, 2.45) is 0 Å². The van der Waals surface area contributed by atoms with Gasteiger partial charge in [0.2, 0.25) is 0 Å². The summed E-state index contributed by atoms with van der Waals surface area (Å²) in [5.74, 6) is 0. The van der Waals surface area contributed by atoms with Crippen LogP contribution in [0.4, 0.5) is 17.1 Å². The van der Waals surface area contributed by atoms with Gasteiger partial charge in [0.1, 0.15) is 11.2 Å². The molecule has 10 aromatic carbocycles. The third-order valence-electron chi connectivity index (χ3n) is 12.4. The number of thiophene rings is 1. The summed E-state index contributed by atoms with van der Waals surface area (Å²) in [4.78, 5) is 7.60. The Morgan fingerprint density at radius 2 is 0.797 bits per heavy atom. The molecule has 2 aromatic heterocycles. The SMILES string of the molecule is c1ccc(N(c2ccc(-c3ccc(S(c4ccccc4)(c4ccccc4)c4ccccc4)cc3)cc2)c2ccc(-c3cccc4sc5ccc6c7ccccc7oc6c5c34)cc2)cc1. The molecule has 0 unspecified atom stereocenters. The van der Waals surface area contributed by atoms with Crippen LogP contribution in [0.3, 0.4) is 0 Å². The van der Waals surface area contributed by atoms with Crippen molar-refractivity contribution in [1.29, 1.82) is 0 Å². The van der Waals surface area contributed by atoms with E-state index in [0.29, 0.717) is 0 Å². The molecule has 0 spiro atoms. The van der Waals surface area contributed by atoms with E-state index in [0.717, 1.165) is 39.0 Å². The van der Waals surface area contributed by atoms with Crippen LogP contribution in [0.15, 0.2) is 273 Å². The fraction of sp³-hybridized carbons (Fsp3) is 0. The van der Waals surface area contributed by atoms with Gasteiger partial charge in [-0.15, -0.1) is 21.4 Å². The predicted molar refractivity (Wildman–Crippen MR) is 272 cm³/mol. The van der Waals surface area contributed by atoms with Gasteiger partial charge < -0.3 is 9.32 Å². The second-order valence-corrected chi connectivity index (χ2v) is 20.2. The molecule has 2 nitrogen and oxygen atoms in total. The average molecular weight is 856 g/mol. The van der Waals surface area contributed by atoms with Crippen LogP contribution < -0.4 is 4.90 Å². The Labute approximate surface area is 378 Å². The number of fused-ring (bicyclic) bond motifs is 7. The zero-order valence-electron chi connectivity index (χ0n) is 34.8. The third-order valence-corrected chi connectivity index (χ3v) is 17.5. The molecule has 0 radical (unpaired) electrons. The number of benzene rings is 10. The maximum absolute atomic E-state index is 6.58. The maximum Gasteiger partial charge on any atom is 0.144 e. The number of para-hydroxylation sites is 2. The van der Waals surface area contributed by atoms with E-state index >= 15 is 0 Å². The summed E-state index contributed by atoms with van der Waals surface area (Å²) in [6, 6.07) is 90.5. The molecule has 0 amide bonds. The molecule has 0 N–H and O–H groups in total. The molecule has 0 atom stereocenters. The van der Waals surface area contributed by atoms with Crippen molar-refractivity contribution in [3.05, 3.63) is 249 Å². The molecule has 64 heavy (non-hydrogen) atoms. The Kier molecular flexibility index (Phi) is 9.48. The molecule has 0 aliphatic rings. The van der Waals surface area contributed by atoms with E-state index in [1.165, 1.54) is 62.0 Å². The molecule has 2 heterocycles. The lowest BCUT2D eigenvalue weighted by Crippen LogP contribution is -2.09. The number of nitrogens with zero attached hydrogens (tertiary/aromatic N) is 1. The molecule has 12 aromatic rings. The van der Waals surface area contributed by atoms with Gasteiger partial charge in [0.05, 0.1) is 0 Å². The van der Waals surface area contributed by atoms with Crippen molar-refractivity contribution in [1.82, 2.24) is 0 Å². The highest BCUT2D eigenvalue weighted by Gasteiger charge is 2.33. The Bertz CT molecular complexity index is 3470. The predicted octanol–water partition coefficient (Wildman–Crippen LogP) is 18.1. The van der Waals surface area contributed by atoms with Crippen LogP contribution >= 0.6 is 21.4 Å². The second-order valence-electron chi connectivity index (χ2n) is 16.0. The van der Waals surface area contributed by atoms with Crippen LogP contribution in [-0.2, 0) is 0 Å². The molecule has 0 aliphatic carbocycles. The van der Waals surface area contributed by atoms with Gasteiger partial charge in [0.25, 0.3) is 0 Å². The minimum Gasteiger partial charge on any atom is -0.455 e. The summed E-state index contributed by atoms with van der Waals surface area (Å²) in [7, 11) is -1.75. The van der Waals surface area contributed by atoms with E-state index in [1.54, 1.807) is 0 Å². The standard InChI is InChI=1S/C60H41NOS2/c1-5-16-45(17-6-1)61(47-36-30-44(31-37-47)52-25-15-27-56-58(52)59-57(63-56)41-40-54-53-24-13-14-26-55(53)62-60(54)59)46-34-28-42(29-35-46)43-32-38-51(39-33-43)64(48-18-7-2-8-19-48,49-20-9-3-10-21-49)50-22-11-4-12-23-50/h1-41H. The quantitative estimate of drug-likeness (QED) is 0.144. The Morgan fingerprint density at radius 3 is 1.39 bits per heavy atom. The lowest BCUT2D eigenvalue weighted by molar-refractivity contribution is 0.673. The van der Waals surface area contributed by atoms with Crippen molar-refractivity contribution in [3.8, 4) is 22.3 Å². The van der Waals surface area contributed by atoms with E-state index in [2.05, 4.69) is 248 Å². The monoisotopic (exact) mass is 855 g/mol. The first-order valence-electron chi connectivity index (χ1n) is 21.6. The smallest absolute Gasteiger partial charge is 0.144 e. The molecular formula is C60H41NOS2. The van der Waals surface area contributed by atoms with Gasteiger partial charge in [-0.25, -0.2) is 0 Å². The normalized spacial score (nSPS) is 12.0. The molecular weight excluding hydrogens is 815 g/mol. The Balaban J connectivity index is 0.903. The van der Waals surface area contributed by atoms with Gasteiger partial charge in [0, 0.05) is 67.6 Å². The van der Waals surface area contributed by atoms with E-state index in [1.807, 2.05) is 17.4 Å². The molecule has 304 valence electrons. The second kappa shape index (κ2) is 15.9. The third kappa shape index (κ3) is 6.33. The molecule has 0 saturated carbocycles. The fourth-order valence-corrected chi connectivity index (χ4v) is 14.5. The lowest BCUT2D eigenvalue weighted by Gasteiger charge is -2.42. The van der Waals surface area contributed by atoms with Crippen LogP contribution in [0.2, 0.25) is 0 Å². The van der Waals surface area contributed by atoms with E-state index < -0.39 is 10.0 Å². The van der Waals surface area contributed by atoms with Crippen molar-refractivity contribution in [3.63, 3.8) is 0 Å². The number of hydrogen-bond acceptors (Lipinski definition) is 3. The lowest BCUT2D eigenvalue weighted by atomic mass is 9.98. The molecule has 0 fully saturated rings. The van der Waals surface area contributed by atoms with E-state index in [9.17, 15) is 0 Å². The highest BCUT2D eigenvalue weighted by Crippen LogP contribution is 2.73. The Morgan fingerprint density at radius 1 is 0.328 bits per heavy atom. The first-order chi connectivity index (χ1) is 31.7. The van der Waals surface area contributed by atoms with Gasteiger partial charge in [-0.1, -0.05) is 140 Å². The van der Waals surface area contributed by atoms with Gasteiger partial charge in [-0.05, 0) is 131 Å². The summed E-state index contributed by atoms with van der Waals surface area (Å²) in [5, 5.41) is 4.75.